The molecule has 9 nitrogen and oxygen atoms in total. The van der Waals surface area contributed by atoms with Crippen molar-refractivity contribution >= 4 is 33.0 Å². The fraction of sp³-hybridized carbons (Fsp3) is 0.200. The van der Waals surface area contributed by atoms with Crippen molar-refractivity contribution in [3.63, 3.8) is 0 Å². The van der Waals surface area contributed by atoms with Gasteiger partial charge in [0.15, 0.2) is 0 Å². The Labute approximate surface area is 202 Å². The van der Waals surface area contributed by atoms with Crippen molar-refractivity contribution in [2.24, 2.45) is 0 Å². The molecule has 178 valence electrons. The maximum Gasteiger partial charge on any atom is 0.273 e. The van der Waals surface area contributed by atoms with Gasteiger partial charge < -0.3 is 4.90 Å². The molecule has 0 aliphatic carbocycles. The summed E-state index contributed by atoms with van der Waals surface area (Å²) in [6, 6.07) is 19.3. The van der Waals surface area contributed by atoms with E-state index < -0.39 is 14.9 Å². The second-order valence-corrected chi connectivity index (χ2v) is 9.78. The number of carbonyl (C=O) groups excluding carboxylic acids is 1. The normalized spacial score (nSPS) is 12.9. The van der Waals surface area contributed by atoms with Gasteiger partial charge in [-0.05, 0) is 49.1 Å². The number of nitriles is 1. The largest absolute Gasteiger partial charge is 0.310 e. The lowest BCUT2D eigenvalue weighted by atomic mass is 9.99. The molecule has 1 amide bonds. The zero-order valence-electron chi connectivity index (χ0n) is 18.7. The summed E-state index contributed by atoms with van der Waals surface area (Å²) in [5.41, 5.74) is 2.00. The molecular formula is C25H22N4O5S. The summed E-state index contributed by atoms with van der Waals surface area (Å²) in [5, 5.41) is 20.4. The van der Waals surface area contributed by atoms with Gasteiger partial charge in [-0.1, -0.05) is 36.4 Å². The van der Waals surface area contributed by atoms with Crippen LogP contribution in [0.2, 0.25) is 0 Å². The summed E-state index contributed by atoms with van der Waals surface area (Å²) in [7, 11) is -3.86. The molecule has 0 saturated carbocycles. The van der Waals surface area contributed by atoms with E-state index in [4.69, 9.17) is 5.26 Å². The number of aryl methyl sites for hydroxylation is 2. The van der Waals surface area contributed by atoms with Crippen molar-refractivity contribution < 1.29 is 18.1 Å². The molecule has 0 radical (unpaired) electrons. The van der Waals surface area contributed by atoms with Crippen LogP contribution >= 0.6 is 0 Å². The predicted octanol–water partition coefficient (Wildman–Crippen LogP) is 4.18. The standard InChI is InChI=1S/C25H22N4O5S/c26-17-18-11-12-19(23(16-18)29(31)32)13-14-24(30)28-15-5-7-20-6-4-10-22(25(20)28)27-35(33,34)21-8-2-1-3-9-21/h1-4,6,8-12,16,27H,5,7,13-15H2. The number of nitrogens with one attached hydrogen (secondary N) is 1. The first kappa shape index (κ1) is 23.9. The summed E-state index contributed by atoms with van der Waals surface area (Å²) >= 11 is 0. The highest BCUT2D eigenvalue weighted by Gasteiger charge is 2.27. The van der Waals surface area contributed by atoms with Gasteiger partial charge in [0.1, 0.15) is 0 Å². The minimum atomic E-state index is -3.86. The van der Waals surface area contributed by atoms with Crippen molar-refractivity contribution in [1.82, 2.24) is 0 Å². The van der Waals surface area contributed by atoms with Gasteiger partial charge in [-0.15, -0.1) is 0 Å². The maximum absolute atomic E-state index is 13.3. The van der Waals surface area contributed by atoms with Crippen molar-refractivity contribution in [1.29, 1.82) is 5.26 Å². The Bertz CT molecular complexity index is 1430. The molecule has 0 unspecified atom stereocenters. The summed E-state index contributed by atoms with van der Waals surface area (Å²) in [4.78, 5) is 25.8. The van der Waals surface area contributed by atoms with Crippen LogP contribution in [0, 0.1) is 21.4 Å². The summed E-state index contributed by atoms with van der Waals surface area (Å²) in [6.45, 7) is 0.408. The Morgan fingerprint density at radius 3 is 2.60 bits per heavy atom. The number of sulfonamides is 1. The van der Waals surface area contributed by atoms with Crippen LogP contribution in [-0.4, -0.2) is 25.8 Å². The molecule has 0 saturated heterocycles. The number of rotatable bonds is 7. The van der Waals surface area contributed by atoms with Crippen molar-refractivity contribution in [2.45, 2.75) is 30.6 Å². The molecule has 3 aromatic carbocycles. The van der Waals surface area contributed by atoms with E-state index in [0.717, 1.165) is 5.56 Å². The number of para-hydroxylation sites is 1. The van der Waals surface area contributed by atoms with Crippen LogP contribution in [0.15, 0.2) is 71.6 Å². The average Bonchev–Trinajstić information content (AvgIpc) is 2.87. The monoisotopic (exact) mass is 490 g/mol. The number of anilines is 2. The molecule has 1 aliphatic rings. The third kappa shape index (κ3) is 5.15. The van der Waals surface area contributed by atoms with Crippen LogP contribution in [0.1, 0.15) is 29.5 Å². The van der Waals surface area contributed by atoms with E-state index in [9.17, 15) is 23.3 Å². The lowest BCUT2D eigenvalue weighted by Gasteiger charge is -2.31. The first-order valence-corrected chi connectivity index (χ1v) is 12.5. The number of nitro benzene ring substituents is 1. The summed E-state index contributed by atoms with van der Waals surface area (Å²) < 4.78 is 28.5. The van der Waals surface area contributed by atoms with E-state index >= 15 is 0 Å². The summed E-state index contributed by atoms with van der Waals surface area (Å²) in [5.74, 6) is -0.268. The van der Waals surface area contributed by atoms with Gasteiger partial charge in [-0.2, -0.15) is 5.26 Å². The van der Waals surface area contributed by atoms with Crippen molar-refractivity contribution in [2.75, 3.05) is 16.2 Å². The van der Waals surface area contributed by atoms with Gasteiger partial charge in [0, 0.05) is 24.6 Å². The Morgan fingerprint density at radius 1 is 1.11 bits per heavy atom. The highest BCUT2D eigenvalue weighted by Crippen LogP contribution is 2.36. The first-order chi connectivity index (χ1) is 16.8. The van der Waals surface area contributed by atoms with Crippen LogP contribution in [-0.2, 0) is 27.7 Å². The maximum atomic E-state index is 13.3. The third-order valence-electron chi connectivity index (χ3n) is 5.84. The van der Waals surface area contributed by atoms with Gasteiger partial charge in [0.05, 0.1) is 32.8 Å². The fourth-order valence-corrected chi connectivity index (χ4v) is 5.27. The smallest absolute Gasteiger partial charge is 0.273 e. The van der Waals surface area contributed by atoms with Gasteiger partial charge >= 0.3 is 0 Å². The van der Waals surface area contributed by atoms with Crippen LogP contribution in [0.3, 0.4) is 0 Å². The van der Waals surface area contributed by atoms with Crippen molar-refractivity contribution in [3.05, 3.63) is 93.5 Å². The number of hydrogen-bond donors (Lipinski definition) is 1. The van der Waals surface area contributed by atoms with Crippen LogP contribution < -0.4 is 9.62 Å². The molecule has 0 bridgehead atoms. The molecule has 1 heterocycles. The van der Waals surface area contributed by atoms with Gasteiger partial charge in [0.25, 0.3) is 15.7 Å². The number of benzene rings is 3. The first-order valence-electron chi connectivity index (χ1n) is 11.0. The Kier molecular flexibility index (Phi) is 6.80. The third-order valence-corrected chi connectivity index (χ3v) is 7.22. The second kappa shape index (κ2) is 9.95. The van der Waals surface area contributed by atoms with Gasteiger partial charge in [0.2, 0.25) is 5.91 Å². The van der Waals surface area contributed by atoms with Crippen LogP contribution in [0.4, 0.5) is 17.1 Å². The average molecular weight is 491 g/mol. The molecule has 3 aromatic rings. The topological polar surface area (TPSA) is 133 Å². The lowest BCUT2D eigenvalue weighted by molar-refractivity contribution is -0.385. The van der Waals surface area contributed by atoms with Crippen LogP contribution in [0.25, 0.3) is 0 Å². The second-order valence-electron chi connectivity index (χ2n) is 8.09. The molecular weight excluding hydrogens is 468 g/mol. The molecule has 1 N–H and O–H groups in total. The zero-order chi connectivity index (χ0) is 25.0. The molecule has 0 atom stereocenters. The minimum absolute atomic E-state index is 0.00799. The molecule has 35 heavy (non-hydrogen) atoms. The molecule has 0 spiro atoms. The molecule has 4 rings (SSSR count). The predicted molar refractivity (Wildman–Crippen MR) is 130 cm³/mol. The number of carbonyl (C=O) groups is 1. The van der Waals surface area contributed by atoms with E-state index in [1.54, 1.807) is 35.2 Å². The molecule has 1 aliphatic heterocycles. The number of nitrogens with zero attached hydrogens (tertiary/aromatic N) is 3. The minimum Gasteiger partial charge on any atom is -0.310 e. The highest BCUT2D eigenvalue weighted by atomic mass is 32.2. The lowest BCUT2D eigenvalue weighted by Crippen LogP contribution is -2.36. The van der Waals surface area contributed by atoms with E-state index in [1.807, 2.05) is 12.1 Å². The number of nitro groups is 1. The molecule has 0 aromatic heterocycles. The van der Waals surface area contributed by atoms with Gasteiger partial charge in [-0.3, -0.25) is 19.6 Å². The van der Waals surface area contributed by atoms with E-state index in [-0.39, 0.29) is 34.9 Å². The van der Waals surface area contributed by atoms with Crippen molar-refractivity contribution in [3.8, 4) is 6.07 Å². The summed E-state index contributed by atoms with van der Waals surface area (Å²) in [6.07, 6.45) is 1.52. The number of hydrogen-bond acceptors (Lipinski definition) is 6. The van der Waals surface area contributed by atoms with Crippen LogP contribution in [0.5, 0.6) is 0 Å². The number of amides is 1. The highest BCUT2D eigenvalue weighted by molar-refractivity contribution is 7.92. The number of fused-ring (bicyclic) bond motifs is 1. The Hall–Kier alpha value is -4.23. The SMILES string of the molecule is N#Cc1ccc(CCC(=O)N2CCCc3cccc(NS(=O)(=O)c4ccccc4)c32)c([N+](=O)[O-])c1. The van der Waals surface area contributed by atoms with E-state index in [0.29, 0.717) is 36.3 Å². The Morgan fingerprint density at radius 2 is 1.89 bits per heavy atom. The zero-order valence-corrected chi connectivity index (χ0v) is 19.5. The fourth-order valence-electron chi connectivity index (χ4n) is 4.18. The van der Waals surface area contributed by atoms with Gasteiger partial charge in [-0.25, -0.2) is 8.42 Å². The molecule has 0 fully saturated rings. The quantitative estimate of drug-likeness (QED) is 0.390. The van der Waals surface area contributed by atoms with E-state index in [1.165, 1.54) is 30.3 Å². The molecule has 10 heteroatoms. The Balaban J connectivity index is 1.60. The van der Waals surface area contributed by atoms with E-state index in [2.05, 4.69) is 4.72 Å².